The number of nitrogens with one attached hydrogen (secondary N) is 4. The molecule has 1 heterocycles. The normalized spacial score (nSPS) is 14.0. The van der Waals surface area contributed by atoms with Crippen LogP contribution in [0, 0.1) is 5.92 Å². The highest BCUT2D eigenvalue weighted by molar-refractivity contribution is 5.95. The van der Waals surface area contributed by atoms with Gasteiger partial charge in [0.05, 0.1) is 6.04 Å². The number of aromatic nitrogens is 1. The molecule has 0 aliphatic carbocycles. The molecule has 3 aromatic rings. The van der Waals surface area contributed by atoms with Gasteiger partial charge in [-0.25, -0.2) is 4.79 Å². The van der Waals surface area contributed by atoms with Crippen LogP contribution in [0.1, 0.15) is 44.2 Å². The number of aromatic amines is 1. The number of rotatable bonds is 16. The van der Waals surface area contributed by atoms with E-state index in [2.05, 4.69) is 20.9 Å². The molecule has 3 rings (SSSR count). The number of hydrogen-bond acceptors (Lipinski definition) is 6. The van der Waals surface area contributed by atoms with Gasteiger partial charge >= 0.3 is 5.97 Å². The molecular formula is C31H40N6O6. The molecule has 230 valence electrons. The Labute approximate surface area is 250 Å². The number of para-hydroxylation sites is 1. The van der Waals surface area contributed by atoms with Crippen LogP contribution in [0.25, 0.3) is 10.9 Å². The minimum atomic E-state index is -1.37. The lowest BCUT2D eigenvalue weighted by atomic mass is 9.99. The van der Waals surface area contributed by atoms with E-state index in [9.17, 15) is 29.1 Å². The van der Waals surface area contributed by atoms with Crippen LogP contribution >= 0.6 is 0 Å². The number of carbonyl (C=O) groups is 5. The lowest BCUT2D eigenvalue weighted by Gasteiger charge is -2.26. The molecule has 0 aliphatic heterocycles. The van der Waals surface area contributed by atoms with Gasteiger partial charge in [-0.05, 0) is 42.4 Å². The second-order valence-electron chi connectivity index (χ2n) is 11.0. The van der Waals surface area contributed by atoms with Crippen LogP contribution in [-0.2, 0) is 36.8 Å². The molecule has 12 heteroatoms. The van der Waals surface area contributed by atoms with Gasteiger partial charge in [-0.3, -0.25) is 19.2 Å². The average molecular weight is 593 g/mol. The summed E-state index contributed by atoms with van der Waals surface area (Å²) in [5.74, 6) is -3.97. The zero-order valence-electron chi connectivity index (χ0n) is 24.3. The van der Waals surface area contributed by atoms with Gasteiger partial charge in [-0.2, -0.15) is 0 Å². The molecule has 12 nitrogen and oxygen atoms in total. The third kappa shape index (κ3) is 9.96. The Morgan fingerprint density at radius 2 is 1.42 bits per heavy atom. The van der Waals surface area contributed by atoms with E-state index in [1.54, 1.807) is 6.20 Å². The molecule has 4 unspecified atom stereocenters. The minimum absolute atomic E-state index is 0.0501. The van der Waals surface area contributed by atoms with E-state index in [1.165, 1.54) is 0 Å². The topological polar surface area (TPSA) is 210 Å². The predicted molar refractivity (Wildman–Crippen MR) is 161 cm³/mol. The highest BCUT2D eigenvalue weighted by Crippen LogP contribution is 2.19. The number of carboxylic acids is 1. The van der Waals surface area contributed by atoms with Crippen molar-refractivity contribution in [3.8, 4) is 0 Å². The Kier molecular flexibility index (Phi) is 11.8. The van der Waals surface area contributed by atoms with Crippen LogP contribution in [0.15, 0.2) is 60.8 Å². The third-order valence-corrected chi connectivity index (χ3v) is 7.00. The fourth-order valence-electron chi connectivity index (χ4n) is 4.76. The summed E-state index contributed by atoms with van der Waals surface area (Å²) in [7, 11) is 0. The van der Waals surface area contributed by atoms with Crippen molar-refractivity contribution in [3.63, 3.8) is 0 Å². The monoisotopic (exact) mass is 592 g/mol. The van der Waals surface area contributed by atoms with Crippen LogP contribution in [0.3, 0.4) is 0 Å². The average Bonchev–Trinajstić information content (AvgIpc) is 3.37. The summed E-state index contributed by atoms with van der Waals surface area (Å²) >= 11 is 0. The standard InChI is InChI=1S/C31H40N6O6/c1-18(2)14-25(29(40)35-24(31(42)43)12-13-27(33)38)37-30(41)26(16-20-17-34-23-11-7-6-10-21(20)23)36-28(39)22(32)15-19-8-4-3-5-9-19/h3-11,17-18,22,24-26,34H,12-16,32H2,1-2H3,(H2,33,38)(H,35,40)(H,36,39)(H,37,41)(H,42,43). The van der Waals surface area contributed by atoms with Crippen LogP contribution in [0.5, 0.6) is 0 Å². The van der Waals surface area contributed by atoms with E-state index >= 15 is 0 Å². The Morgan fingerprint density at radius 1 is 0.814 bits per heavy atom. The van der Waals surface area contributed by atoms with E-state index in [4.69, 9.17) is 11.5 Å². The molecule has 1 aromatic heterocycles. The lowest BCUT2D eigenvalue weighted by molar-refractivity contribution is -0.142. The van der Waals surface area contributed by atoms with Gasteiger partial charge in [0.25, 0.3) is 0 Å². The lowest BCUT2D eigenvalue weighted by Crippen LogP contribution is -2.58. The number of primary amides is 1. The van der Waals surface area contributed by atoms with Crippen LogP contribution in [0.4, 0.5) is 0 Å². The summed E-state index contributed by atoms with van der Waals surface area (Å²) in [4.78, 5) is 66.2. The Morgan fingerprint density at radius 3 is 2.07 bits per heavy atom. The van der Waals surface area contributed by atoms with Crippen LogP contribution in [-0.4, -0.2) is 63.9 Å². The van der Waals surface area contributed by atoms with Crippen molar-refractivity contribution in [2.45, 2.75) is 70.1 Å². The van der Waals surface area contributed by atoms with Crippen molar-refractivity contribution in [1.82, 2.24) is 20.9 Å². The maximum atomic E-state index is 13.7. The summed E-state index contributed by atoms with van der Waals surface area (Å²) in [5, 5.41) is 18.3. The molecule has 43 heavy (non-hydrogen) atoms. The van der Waals surface area contributed by atoms with Gasteiger partial charge < -0.3 is 37.5 Å². The molecular weight excluding hydrogens is 552 g/mol. The van der Waals surface area contributed by atoms with Crippen LogP contribution < -0.4 is 27.4 Å². The summed E-state index contributed by atoms with van der Waals surface area (Å²) < 4.78 is 0. The second-order valence-corrected chi connectivity index (χ2v) is 11.0. The van der Waals surface area contributed by atoms with Crippen molar-refractivity contribution < 1.29 is 29.1 Å². The highest BCUT2D eigenvalue weighted by atomic mass is 16.4. The van der Waals surface area contributed by atoms with Crippen molar-refractivity contribution in [2.75, 3.05) is 0 Å². The second kappa shape index (κ2) is 15.5. The molecule has 0 aliphatic rings. The van der Waals surface area contributed by atoms with E-state index in [0.29, 0.717) is 0 Å². The number of H-pyrrole nitrogens is 1. The fraction of sp³-hybridized carbons (Fsp3) is 0.387. The zero-order chi connectivity index (χ0) is 31.5. The predicted octanol–water partition coefficient (Wildman–Crippen LogP) is 1.13. The summed E-state index contributed by atoms with van der Waals surface area (Å²) in [6.07, 6.45) is 1.88. The quantitative estimate of drug-likeness (QED) is 0.129. The molecule has 4 atom stereocenters. The van der Waals surface area contributed by atoms with Gasteiger partial charge in [0.2, 0.25) is 23.6 Å². The Bertz CT molecular complexity index is 1420. The molecule has 0 spiro atoms. The fourth-order valence-corrected chi connectivity index (χ4v) is 4.76. The first-order valence-electron chi connectivity index (χ1n) is 14.2. The number of carbonyl (C=O) groups excluding carboxylic acids is 4. The number of fused-ring (bicyclic) bond motifs is 1. The number of aliphatic carboxylic acids is 1. The first-order valence-corrected chi connectivity index (χ1v) is 14.2. The number of amides is 4. The highest BCUT2D eigenvalue weighted by Gasteiger charge is 2.31. The van der Waals surface area contributed by atoms with Crippen molar-refractivity contribution >= 4 is 40.5 Å². The maximum absolute atomic E-state index is 13.7. The largest absolute Gasteiger partial charge is 0.480 e. The molecule has 2 aromatic carbocycles. The number of benzene rings is 2. The van der Waals surface area contributed by atoms with E-state index in [0.717, 1.165) is 22.0 Å². The number of carboxylic acid groups (broad SMARTS) is 1. The smallest absolute Gasteiger partial charge is 0.326 e. The van der Waals surface area contributed by atoms with Gasteiger partial charge in [0.1, 0.15) is 18.1 Å². The van der Waals surface area contributed by atoms with Crippen LogP contribution in [0.2, 0.25) is 0 Å². The van der Waals surface area contributed by atoms with Crippen molar-refractivity contribution in [2.24, 2.45) is 17.4 Å². The SMILES string of the molecule is CC(C)CC(NC(=O)C(Cc1c[nH]c2ccccc12)NC(=O)C(N)Cc1ccccc1)C(=O)NC(CCC(N)=O)C(=O)O. The minimum Gasteiger partial charge on any atom is -0.480 e. The molecule has 4 amide bonds. The molecule has 9 N–H and O–H groups in total. The first-order chi connectivity index (χ1) is 20.4. The van der Waals surface area contributed by atoms with Gasteiger partial charge in [0.15, 0.2) is 0 Å². The van der Waals surface area contributed by atoms with Crippen molar-refractivity contribution in [3.05, 3.63) is 71.9 Å². The van der Waals surface area contributed by atoms with Gasteiger partial charge in [0, 0.05) is 29.9 Å². The molecule has 0 radical (unpaired) electrons. The summed E-state index contributed by atoms with van der Waals surface area (Å²) in [5.41, 5.74) is 13.8. The summed E-state index contributed by atoms with van der Waals surface area (Å²) in [6.45, 7) is 3.70. The Balaban J connectivity index is 1.82. The van der Waals surface area contributed by atoms with E-state index < -0.39 is 53.8 Å². The van der Waals surface area contributed by atoms with E-state index in [-0.39, 0.29) is 38.0 Å². The number of nitrogens with two attached hydrogens (primary N) is 2. The van der Waals surface area contributed by atoms with Gasteiger partial charge in [-0.15, -0.1) is 0 Å². The molecule has 0 saturated carbocycles. The maximum Gasteiger partial charge on any atom is 0.326 e. The summed E-state index contributed by atoms with van der Waals surface area (Å²) in [6, 6.07) is 12.3. The number of hydrogen-bond donors (Lipinski definition) is 7. The van der Waals surface area contributed by atoms with Crippen molar-refractivity contribution in [1.29, 1.82) is 0 Å². The Hall–Kier alpha value is -4.71. The van der Waals surface area contributed by atoms with E-state index in [1.807, 2.05) is 68.4 Å². The molecule has 0 bridgehead atoms. The van der Waals surface area contributed by atoms with Gasteiger partial charge in [-0.1, -0.05) is 62.4 Å². The third-order valence-electron chi connectivity index (χ3n) is 7.00. The first kappa shape index (κ1) is 32.8. The molecule has 0 saturated heterocycles. The zero-order valence-corrected chi connectivity index (χ0v) is 24.3. The molecule has 0 fully saturated rings.